The van der Waals surface area contributed by atoms with Crippen molar-refractivity contribution in [2.45, 2.75) is 37.6 Å². The van der Waals surface area contributed by atoms with Crippen molar-refractivity contribution in [3.05, 3.63) is 95.5 Å². The molecule has 3 aromatic carbocycles. The van der Waals surface area contributed by atoms with Crippen molar-refractivity contribution >= 4 is 39.1 Å². The summed E-state index contributed by atoms with van der Waals surface area (Å²) in [6, 6.07) is 23.2. The molecule has 1 N–H and O–H groups in total. The van der Waals surface area contributed by atoms with E-state index in [1.54, 1.807) is 36.4 Å². The molecule has 0 aromatic heterocycles. The van der Waals surface area contributed by atoms with E-state index in [-0.39, 0.29) is 23.0 Å². The topological polar surface area (TPSA) is 86.8 Å². The van der Waals surface area contributed by atoms with E-state index in [0.717, 1.165) is 9.87 Å². The van der Waals surface area contributed by atoms with Gasteiger partial charge in [0.1, 0.15) is 12.6 Å². The minimum Gasteiger partial charge on any atom is -0.355 e. The van der Waals surface area contributed by atoms with Crippen LogP contribution in [-0.2, 0) is 26.0 Å². The first-order valence-electron chi connectivity index (χ1n) is 12.2. The van der Waals surface area contributed by atoms with Crippen LogP contribution < -0.4 is 9.62 Å². The molecule has 37 heavy (non-hydrogen) atoms. The molecule has 0 aliphatic rings. The Morgan fingerprint density at radius 1 is 0.919 bits per heavy atom. The van der Waals surface area contributed by atoms with Gasteiger partial charge in [-0.25, -0.2) is 8.42 Å². The van der Waals surface area contributed by atoms with E-state index in [1.807, 2.05) is 44.2 Å². The fraction of sp³-hybridized carbons (Fsp3) is 0.286. The predicted molar refractivity (Wildman–Crippen MR) is 147 cm³/mol. The largest absolute Gasteiger partial charge is 0.355 e. The van der Waals surface area contributed by atoms with Crippen LogP contribution in [0.4, 0.5) is 5.69 Å². The molecule has 0 aliphatic heterocycles. The van der Waals surface area contributed by atoms with Crippen molar-refractivity contribution in [3.63, 3.8) is 0 Å². The highest BCUT2D eigenvalue weighted by Gasteiger charge is 2.33. The van der Waals surface area contributed by atoms with Crippen molar-refractivity contribution in [2.75, 3.05) is 23.9 Å². The first kappa shape index (κ1) is 28.2. The van der Waals surface area contributed by atoms with E-state index in [4.69, 9.17) is 11.6 Å². The average molecular weight is 542 g/mol. The summed E-state index contributed by atoms with van der Waals surface area (Å²) in [5.41, 5.74) is 1.27. The summed E-state index contributed by atoms with van der Waals surface area (Å²) in [4.78, 5) is 28.3. The van der Waals surface area contributed by atoms with Gasteiger partial charge in [-0.2, -0.15) is 0 Å². The normalized spacial score (nSPS) is 12.0. The Labute approximate surface area is 224 Å². The molecular formula is C28H32ClN3O4S. The van der Waals surface area contributed by atoms with E-state index in [2.05, 4.69) is 5.32 Å². The van der Waals surface area contributed by atoms with E-state index >= 15 is 0 Å². The lowest BCUT2D eigenvalue weighted by atomic mass is 10.1. The van der Waals surface area contributed by atoms with E-state index < -0.39 is 28.5 Å². The number of carbonyl (C=O) groups is 2. The number of nitrogens with zero attached hydrogens (tertiary/aromatic N) is 2. The molecule has 0 heterocycles. The summed E-state index contributed by atoms with van der Waals surface area (Å²) in [5, 5.41) is 3.14. The molecule has 0 fully saturated rings. The molecule has 9 heteroatoms. The summed E-state index contributed by atoms with van der Waals surface area (Å²) in [6.45, 7) is 3.84. The summed E-state index contributed by atoms with van der Waals surface area (Å²) in [7, 11) is -4.10. The van der Waals surface area contributed by atoms with Crippen molar-refractivity contribution < 1.29 is 18.0 Å². The van der Waals surface area contributed by atoms with Crippen LogP contribution in [0, 0.1) is 0 Å². The first-order valence-corrected chi connectivity index (χ1v) is 14.0. The summed E-state index contributed by atoms with van der Waals surface area (Å²) < 4.78 is 28.4. The van der Waals surface area contributed by atoms with Gasteiger partial charge in [-0.05, 0) is 55.7 Å². The molecule has 0 spiro atoms. The van der Waals surface area contributed by atoms with Gasteiger partial charge >= 0.3 is 0 Å². The Bertz CT molecular complexity index is 1290. The molecule has 7 nitrogen and oxygen atoms in total. The fourth-order valence-electron chi connectivity index (χ4n) is 4.07. The van der Waals surface area contributed by atoms with Crippen LogP contribution in [0.3, 0.4) is 0 Å². The molecular weight excluding hydrogens is 510 g/mol. The Kier molecular flexibility index (Phi) is 10.1. The second-order valence-corrected chi connectivity index (χ2v) is 10.7. The molecule has 196 valence electrons. The Balaban J connectivity index is 1.99. The van der Waals surface area contributed by atoms with Crippen molar-refractivity contribution in [2.24, 2.45) is 0 Å². The predicted octanol–water partition coefficient (Wildman–Crippen LogP) is 4.52. The quantitative estimate of drug-likeness (QED) is 0.365. The number of nitrogens with one attached hydrogen (secondary N) is 1. The molecule has 3 aromatic rings. The monoisotopic (exact) mass is 541 g/mol. The number of benzene rings is 3. The molecule has 0 saturated heterocycles. The van der Waals surface area contributed by atoms with Gasteiger partial charge < -0.3 is 10.2 Å². The Morgan fingerprint density at radius 2 is 1.57 bits per heavy atom. The fourth-order valence-corrected chi connectivity index (χ4v) is 5.68. The van der Waals surface area contributed by atoms with Gasteiger partial charge in [0, 0.05) is 18.1 Å². The van der Waals surface area contributed by atoms with Gasteiger partial charge in [0.15, 0.2) is 0 Å². The van der Waals surface area contributed by atoms with Crippen LogP contribution >= 0.6 is 11.6 Å². The minimum atomic E-state index is -4.10. The standard InChI is InChI=1S/C28H32ClN3O4S/c1-3-26(28(34)30-4-2)31(19-18-22-12-7-5-8-13-22)27(33)21-32(24-15-11-14-23(29)20-24)37(35,36)25-16-9-6-10-17-25/h5-17,20,26H,3-4,18-19,21H2,1-2H3,(H,30,34)/t26-/m1/s1. The molecule has 0 aliphatic carbocycles. The highest BCUT2D eigenvalue weighted by atomic mass is 35.5. The number of anilines is 1. The second-order valence-electron chi connectivity index (χ2n) is 8.45. The molecule has 1 atom stereocenters. The first-order chi connectivity index (χ1) is 17.8. The smallest absolute Gasteiger partial charge is 0.264 e. The number of hydrogen-bond donors (Lipinski definition) is 1. The van der Waals surface area contributed by atoms with Crippen LogP contribution in [0.2, 0.25) is 5.02 Å². The number of likely N-dealkylation sites (N-methyl/N-ethyl adjacent to an activating group) is 1. The molecule has 3 rings (SSSR count). The third-order valence-corrected chi connectivity index (χ3v) is 7.95. The van der Waals surface area contributed by atoms with E-state index in [0.29, 0.717) is 24.4 Å². The molecule has 0 bridgehead atoms. The minimum absolute atomic E-state index is 0.0504. The lowest BCUT2D eigenvalue weighted by Gasteiger charge is -2.33. The lowest BCUT2D eigenvalue weighted by molar-refractivity contribution is -0.139. The number of carbonyl (C=O) groups excluding carboxylic acids is 2. The van der Waals surface area contributed by atoms with Crippen LogP contribution in [0.25, 0.3) is 0 Å². The van der Waals surface area contributed by atoms with Crippen molar-refractivity contribution in [1.29, 1.82) is 0 Å². The molecule has 0 radical (unpaired) electrons. The SMILES string of the molecule is CCNC(=O)[C@@H](CC)N(CCc1ccccc1)C(=O)CN(c1cccc(Cl)c1)S(=O)(=O)c1ccccc1. The number of sulfonamides is 1. The van der Waals surface area contributed by atoms with Crippen molar-refractivity contribution in [3.8, 4) is 0 Å². The van der Waals surface area contributed by atoms with Crippen LogP contribution in [0.15, 0.2) is 89.8 Å². The van der Waals surface area contributed by atoms with Gasteiger partial charge in [-0.15, -0.1) is 0 Å². The number of amides is 2. The van der Waals surface area contributed by atoms with E-state index in [9.17, 15) is 18.0 Å². The van der Waals surface area contributed by atoms with E-state index in [1.165, 1.54) is 23.1 Å². The number of halogens is 1. The average Bonchev–Trinajstić information content (AvgIpc) is 2.90. The number of hydrogen-bond acceptors (Lipinski definition) is 4. The maximum Gasteiger partial charge on any atom is 0.264 e. The summed E-state index contributed by atoms with van der Waals surface area (Å²) in [5.74, 6) is -0.750. The molecule has 0 unspecified atom stereocenters. The Morgan fingerprint density at radius 3 is 2.16 bits per heavy atom. The van der Waals surface area contributed by atoms with Gasteiger partial charge in [0.2, 0.25) is 11.8 Å². The maximum atomic E-state index is 13.8. The highest BCUT2D eigenvalue weighted by Crippen LogP contribution is 2.26. The van der Waals surface area contributed by atoms with Crippen LogP contribution in [0.5, 0.6) is 0 Å². The van der Waals surface area contributed by atoms with Crippen molar-refractivity contribution in [1.82, 2.24) is 10.2 Å². The third-order valence-electron chi connectivity index (χ3n) is 5.93. The van der Waals surface area contributed by atoms with Gasteiger partial charge in [-0.1, -0.05) is 73.1 Å². The summed E-state index contributed by atoms with van der Waals surface area (Å²) in [6.07, 6.45) is 0.903. The molecule has 2 amide bonds. The number of rotatable bonds is 12. The maximum absolute atomic E-state index is 13.8. The van der Waals surface area contributed by atoms with Crippen LogP contribution in [-0.4, -0.2) is 50.8 Å². The highest BCUT2D eigenvalue weighted by molar-refractivity contribution is 7.92. The summed E-state index contributed by atoms with van der Waals surface area (Å²) >= 11 is 6.18. The zero-order valence-corrected chi connectivity index (χ0v) is 22.6. The third kappa shape index (κ3) is 7.33. The lowest BCUT2D eigenvalue weighted by Crippen LogP contribution is -2.53. The van der Waals surface area contributed by atoms with Gasteiger partial charge in [0.25, 0.3) is 10.0 Å². The van der Waals surface area contributed by atoms with Gasteiger partial charge in [0.05, 0.1) is 10.6 Å². The van der Waals surface area contributed by atoms with Crippen LogP contribution in [0.1, 0.15) is 25.8 Å². The zero-order valence-electron chi connectivity index (χ0n) is 21.0. The zero-order chi connectivity index (χ0) is 26.8. The Hall–Kier alpha value is -3.36. The second kappa shape index (κ2) is 13.3. The molecule has 0 saturated carbocycles. The van der Waals surface area contributed by atoms with Gasteiger partial charge in [-0.3, -0.25) is 13.9 Å².